The van der Waals surface area contributed by atoms with Gasteiger partial charge in [-0.15, -0.1) is 0 Å². The first kappa shape index (κ1) is 38.0. The Balaban J connectivity index is 1.14. The fourth-order valence-electron chi connectivity index (χ4n) is 7.03. The van der Waals surface area contributed by atoms with E-state index in [0.717, 1.165) is 33.0 Å². The van der Waals surface area contributed by atoms with E-state index < -0.39 is 0 Å². The molecule has 0 amide bonds. The molecule has 1 aromatic heterocycles. The molecule has 0 radical (unpaired) electrons. The van der Waals surface area contributed by atoms with Gasteiger partial charge in [-0.2, -0.15) is 0 Å². The zero-order valence-corrected chi connectivity index (χ0v) is 32.5. The second kappa shape index (κ2) is 16.7. The zero-order chi connectivity index (χ0) is 41.7. The Kier molecular flexibility index (Phi) is 10.4. The van der Waals surface area contributed by atoms with E-state index in [1.165, 1.54) is 0 Å². The molecule has 0 aliphatic heterocycles. The van der Waals surface area contributed by atoms with Gasteiger partial charge < -0.3 is 24.8 Å². The minimum atomic E-state index is 0.105. The fraction of sp³-hybridized carbons (Fsp3) is 0. The minimum Gasteiger partial charge on any atom is -0.507 e. The monoisotopic (exact) mass is 796 g/mol. The van der Waals surface area contributed by atoms with E-state index in [2.05, 4.69) is 0 Å². The number of hydrogen-bond donors (Lipinski definition) is 4. The van der Waals surface area contributed by atoms with Crippen LogP contribution in [0.5, 0.6) is 23.0 Å². The molecule has 8 aromatic carbocycles. The average Bonchev–Trinajstić information content (AvgIpc) is 3.68. The third-order valence-electron chi connectivity index (χ3n) is 10.2. The van der Waals surface area contributed by atoms with Crippen molar-refractivity contribution >= 4 is 69.5 Å². The highest BCUT2D eigenvalue weighted by Gasteiger charge is 2.17. The van der Waals surface area contributed by atoms with Crippen molar-refractivity contribution in [3.05, 3.63) is 192 Å². The number of hydrogen-bond acceptors (Lipinski definition) is 9. The molecule has 9 nitrogen and oxygen atoms in total. The van der Waals surface area contributed by atoms with Gasteiger partial charge in [0.05, 0.1) is 22.7 Å². The predicted molar refractivity (Wildman–Crippen MR) is 246 cm³/mol. The second-order valence-electron chi connectivity index (χ2n) is 14.1. The lowest BCUT2D eigenvalue weighted by molar-refractivity contribution is 0.474. The summed E-state index contributed by atoms with van der Waals surface area (Å²) in [6.07, 6.45) is 6.40. The van der Waals surface area contributed by atoms with E-state index in [-0.39, 0.29) is 23.0 Å². The standard InChI is InChI=1S/C52H36N4O5/c57-47-19-5-1-11-35(47)29-53-43-25-23-33(27-45(43)55-31-37-13-3-7-21-49(37)59)39-15-9-17-41-42-18-10-16-40(52(42)61-51(39)41)34-24-26-44(54-30-36-12-2-6-20-48(36)58)46(28-34)56-32-38-14-4-8-22-50(38)60/h1-32,57-60H. The van der Waals surface area contributed by atoms with Crippen LogP contribution in [0.4, 0.5) is 22.7 Å². The summed E-state index contributed by atoms with van der Waals surface area (Å²) in [5.74, 6) is 0.439. The summed E-state index contributed by atoms with van der Waals surface area (Å²) >= 11 is 0. The molecule has 61 heavy (non-hydrogen) atoms. The third-order valence-corrected chi connectivity index (χ3v) is 10.2. The van der Waals surface area contributed by atoms with Gasteiger partial charge in [-0.1, -0.05) is 97.1 Å². The second-order valence-corrected chi connectivity index (χ2v) is 14.1. The molecule has 0 bridgehead atoms. The van der Waals surface area contributed by atoms with Crippen LogP contribution < -0.4 is 0 Å². The molecule has 9 heteroatoms. The van der Waals surface area contributed by atoms with E-state index in [4.69, 9.17) is 24.4 Å². The molecular weight excluding hydrogens is 761 g/mol. The van der Waals surface area contributed by atoms with Crippen LogP contribution >= 0.6 is 0 Å². The Morgan fingerprint density at radius 3 is 1.00 bits per heavy atom. The van der Waals surface area contributed by atoms with E-state index in [1.807, 2.05) is 97.1 Å². The molecule has 0 spiro atoms. The van der Waals surface area contributed by atoms with Crippen molar-refractivity contribution in [2.24, 2.45) is 20.0 Å². The molecule has 0 saturated heterocycles. The maximum atomic E-state index is 10.5. The van der Waals surface area contributed by atoms with Crippen molar-refractivity contribution in [1.82, 2.24) is 0 Å². The van der Waals surface area contributed by atoms with E-state index >= 15 is 0 Å². The highest BCUT2D eigenvalue weighted by molar-refractivity contribution is 6.13. The smallest absolute Gasteiger partial charge is 0.143 e. The maximum absolute atomic E-state index is 10.5. The predicted octanol–water partition coefficient (Wildman–Crippen LogP) is 12.7. The van der Waals surface area contributed by atoms with E-state index in [1.54, 1.807) is 97.7 Å². The fourth-order valence-corrected chi connectivity index (χ4v) is 7.03. The number of rotatable bonds is 10. The number of benzene rings is 8. The number of phenols is 4. The number of aliphatic imine (C=N–C) groups is 4. The molecule has 0 saturated carbocycles. The Hall–Kier alpha value is -8.56. The SMILES string of the molecule is Oc1ccccc1C=Nc1ccc(-c2cccc3c2oc2c(-c4ccc(N=Cc5ccccc5O)c(N=Cc5ccccc5O)c4)cccc23)cc1N=Cc1ccccc1O. The van der Waals surface area contributed by atoms with Gasteiger partial charge in [-0.25, -0.2) is 0 Å². The topological polar surface area (TPSA) is 144 Å². The van der Waals surface area contributed by atoms with Gasteiger partial charge in [0.15, 0.2) is 0 Å². The molecular formula is C52H36N4O5. The van der Waals surface area contributed by atoms with Gasteiger partial charge in [0.1, 0.15) is 34.2 Å². The van der Waals surface area contributed by atoms with E-state index in [9.17, 15) is 20.4 Å². The lowest BCUT2D eigenvalue weighted by Gasteiger charge is -2.08. The van der Waals surface area contributed by atoms with Crippen LogP contribution in [0.2, 0.25) is 0 Å². The van der Waals surface area contributed by atoms with Gasteiger partial charge in [-0.3, -0.25) is 20.0 Å². The lowest BCUT2D eigenvalue weighted by atomic mass is 9.99. The quantitative estimate of drug-likeness (QED) is 0.102. The summed E-state index contributed by atoms with van der Waals surface area (Å²) in [4.78, 5) is 19.0. The van der Waals surface area contributed by atoms with Crippen molar-refractivity contribution in [3.8, 4) is 45.3 Å². The Morgan fingerprint density at radius 1 is 0.328 bits per heavy atom. The van der Waals surface area contributed by atoms with Gasteiger partial charge >= 0.3 is 0 Å². The number of nitrogens with zero attached hydrogens (tertiary/aromatic N) is 4. The van der Waals surface area contributed by atoms with E-state index in [0.29, 0.717) is 56.2 Å². The van der Waals surface area contributed by atoms with Gasteiger partial charge in [0.2, 0.25) is 0 Å². The highest BCUT2D eigenvalue weighted by Crippen LogP contribution is 2.43. The molecule has 0 aliphatic carbocycles. The first-order valence-corrected chi connectivity index (χ1v) is 19.4. The number of para-hydroxylation sites is 6. The Labute approximate surface area is 350 Å². The maximum Gasteiger partial charge on any atom is 0.143 e. The zero-order valence-electron chi connectivity index (χ0n) is 32.5. The Morgan fingerprint density at radius 2 is 0.656 bits per heavy atom. The number of phenolic OH excluding ortho intramolecular Hbond substituents is 4. The molecule has 9 aromatic rings. The van der Waals surface area contributed by atoms with Crippen molar-refractivity contribution in [1.29, 1.82) is 0 Å². The van der Waals surface area contributed by atoms with Gasteiger partial charge in [-0.05, 0) is 83.9 Å². The first-order chi connectivity index (χ1) is 29.9. The van der Waals surface area contributed by atoms with Gasteiger partial charge in [0.25, 0.3) is 0 Å². The van der Waals surface area contributed by atoms with Crippen LogP contribution in [0.15, 0.2) is 194 Å². The lowest BCUT2D eigenvalue weighted by Crippen LogP contribution is -1.84. The summed E-state index contributed by atoms with van der Waals surface area (Å²) in [5.41, 5.74) is 9.19. The van der Waals surface area contributed by atoms with Crippen LogP contribution in [0.3, 0.4) is 0 Å². The third kappa shape index (κ3) is 7.99. The Bertz CT molecular complexity index is 3000. The molecule has 0 aliphatic rings. The normalized spacial score (nSPS) is 11.9. The van der Waals surface area contributed by atoms with Crippen molar-refractivity contribution in [3.63, 3.8) is 0 Å². The van der Waals surface area contributed by atoms with Crippen LogP contribution in [0, 0.1) is 0 Å². The molecule has 1 heterocycles. The summed E-state index contributed by atoms with van der Waals surface area (Å²) in [6.45, 7) is 0. The molecule has 0 fully saturated rings. The average molecular weight is 797 g/mol. The van der Waals surface area contributed by atoms with Crippen molar-refractivity contribution < 1.29 is 24.8 Å². The van der Waals surface area contributed by atoms with Gasteiger partial charge in [0, 0.05) is 69.0 Å². The largest absolute Gasteiger partial charge is 0.507 e. The molecule has 294 valence electrons. The van der Waals surface area contributed by atoms with Crippen LogP contribution in [0.25, 0.3) is 44.2 Å². The van der Waals surface area contributed by atoms with Crippen LogP contribution in [-0.4, -0.2) is 45.3 Å². The highest BCUT2D eigenvalue weighted by atomic mass is 16.3. The number of furan rings is 1. The molecule has 9 rings (SSSR count). The van der Waals surface area contributed by atoms with Crippen LogP contribution in [0.1, 0.15) is 22.3 Å². The molecule has 4 N–H and O–H groups in total. The van der Waals surface area contributed by atoms with Crippen LogP contribution in [-0.2, 0) is 0 Å². The van der Waals surface area contributed by atoms with Crippen molar-refractivity contribution in [2.45, 2.75) is 0 Å². The number of aromatic hydroxyl groups is 4. The minimum absolute atomic E-state index is 0.105. The first-order valence-electron chi connectivity index (χ1n) is 19.4. The summed E-state index contributed by atoms with van der Waals surface area (Å²) in [5, 5.41) is 43.5. The summed E-state index contributed by atoms with van der Waals surface area (Å²) in [7, 11) is 0. The molecule has 0 atom stereocenters. The molecule has 0 unspecified atom stereocenters. The summed E-state index contributed by atoms with van der Waals surface area (Å²) < 4.78 is 6.83. The number of fused-ring (bicyclic) bond motifs is 3. The summed E-state index contributed by atoms with van der Waals surface area (Å²) in [6, 6.07) is 51.5. The van der Waals surface area contributed by atoms with Crippen molar-refractivity contribution in [2.75, 3.05) is 0 Å².